The number of hydrogen-bond acceptors (Lipinski definition) is 5. The van der Waals surface area contributed by atoms with E-state index in [4.69, 9.17) is 4.42 Å². The molecule has 0 atom stereocenters. The molecule has 0 unspecified atom stereocenters. The van der Waals surface area contributed by atoms with Gasteiger partial charge in [0.25, 0.3) is 5.69 Å². The highest BCUT2D eigenvalue weighted by atomic mass is 19.2. The first-order valence-electron chi connectivity index (χ1n) is 6.88. The van der Waals surface area contributed by atoms with E-state index < -0.39 is 34.8 Å². The van der Waals surface area contributed by atoms with Gasteiger partial charge in [-0.25, -0.2) is 13.6 Å². The second-order valence-electron chi connectivity index (χ2n) is 5.01. The van der Waals surface area contributed by atoms with Crippen molar-refractivity contribution in [1.29, 1.82) is 0 Å². The molecule has 128 valence electrons. The number of carbonyl (C=O) groups is 1. The minimum Gasteiger partial charge on any atom is -0.407 e. The highest BCUT2D eigenvalue weighted by Crippen LogP contribution is 2.20. The van der Waals surface area contributed by atoms with Gasteiger partial charge >= 0.3 is 5.76 Å². The summed E-state index contributed by atoms with van der Waals surface area (Å²) in [5.74, 6) is -4.06. The summed E-state index contributed by atoms with van der Waals surface area (Å²) in [5.41, 5.74) is -0.560. The van der Waals surface area contributed by atoms with Crippen LogP contribution in [0.5, 0.6) is 0 Å². The Morgan fingerprint density at radius 3 is 2.76 bits per heavy atom. The van der Waals surface area contributed by atoms with Gasteiger partial charge in [0.15, 0.2) is 17.2 Å². The fourth-order valence-corrected chi connectivity index (χ4v) is 2.25. The van der Waals surface area contributed by atoms with Crippen LogP contribution in [0, 0.1) is 21.7 Å². The van der Waals surface area contributed by atoms with Gasteiger partial charge in [0.1, 0.15) is 6.54 Å². The summed E-state index contributed by atoms with van der Waals surface area (Å²) in [6, 6.07) is 6.73. The molecule has 3 aromatic rings. The molecule has 8 nitrogen and oxygen atoms in total. The zero-order valence-electron chi connectivity index (χ0n) is 12.4. The third kappa shape index (κ3) is 3.09. The first-order chi connectivity index (χ1) is 11.9. The molecule has 0 aliphatic carbocycles. The summed E-state index contributed by atoms with van der Waals surface area (Å²) in [6.45, 7) is -0.542. The summed E-state index contributed by atoms with van der Waals surface area (Å²) in [7, 11) is 0. The van der Waals surface area contributed by atoms with Crippen LogP contribution >= 0.6 is 0 Å². The molecule has 0 bridgehead atoms. The molecule has 0 aliphatic rings. The van der Waals surface area contributed by atoms with Crippen LogP contribution in [-0.4, -0.2) is 15.4 Å². The van der Waals surface area contributed by atoms with Gasteiger partial charge < -0.3 is 9.73 Å². The number of nitrogens with zero attached hydrogens (tertiary/aromatic N) is 2. The summed E-state index contributed by atoms with van der Waals surface area (Å²) in [5, 5.41) is 12.9. The van der Waals surface area contributed by atoms with Crippen LogP contribution in [-0.2, 0) is 11.3 Å². The number of aromatic nitrogens is 1. The summed E-state index contributed by atoms with van der Waals surface area (Å²) < 4.78 is 32.5. The van der Waals surface area contributed by atoms with Crippen molar-refractivity contribution in [3.63, 3.8) is 0 Å². The van der Waals surface area contributed by atoms with Gasteiger partial charge in [0.05, 0.1) is 22.2 Å². The zero-order valence-corrected chi connectivity index (χ0v) is 12.4. The van der Waals surface area contributed by atoms with E-state index in [9.17, 15) is 28.5 Å². The first-order valence-corrected chi connectivity index (χ1v) is 6.88. The lowest BCUT2D eigenvalue weighted by Gasteiger charge is -2.07. The number of amides is 1. The number of rotatable bonds is 4. The Hall–Kier alpha value is -3.56. The summed E-state index contributed by atoms with van der Waals surface area (Å²) in [4.78, 5) is 33.9. The number of hydrogen-bond donors (Lipinski definition) is 1. The van der Waals surface area contributed by atoms with Crippen molar-refractivity contribution in [2.45, 2.75) is 6.54 Å². The first kappa shape index (κ1) is 16.3. The van der Waals surface area contributed by atoms with Crippen LogP contribution in [0.2, 0.25) is 0 Å². The van der Waals surface area contributed by atoms with Crippen molar-refractivity contribution in [2.24, 2.45) is 0 Å². The van der Waals surface area contributed by atoms with Gasteiger partial charge in [0, 0.05) is 6.07 Å². The van der Waals surface area contributed by atoms with E-state index in [2.05, 4.69) is 5.32 Å². The lowest BCUT2D eigenvalue weighted by Crippen LogP contribution is -2.25. The lowest BCUT2D eigenvalue weighted by molar-refractivity contribution is -0.384. The monoisotopic (exact) mass is 349 g/mol. The van der Waals surface area contributed by atoms with Gasteiger partial charge in [-0.15, -0.1) is 0 Å². The Morgan fingerprint density at radius 2 is 2.04 bits per heavy atom. The van der Waals surface area contributed by atoms with E-state index in [1.807, 2.05) is 0 Å². The fourth-order valence-electron chi connectivity index (χ4n) is 2.25. The van der Waals surface area contributed by atoms with Crippen molar-refractivity contribution in [2.75, 3.05) is 5.32 Å². The molecule has 0 radical (unpaired) electrons. The van der Waals surface area contributed by atoms with E-state index in [0.29, 0.717) is 0 Å². The molecule has 1 N–H and O–H groups in total. The molecule has 1 aromatic heterocycles. The summed E-state index contributed by atoms with van der Waals surface area (Å²) >= 11 is 0. The molecule has 0 spiro atoms. The number of nitrogens with one attached hydrogen (secondary N) is 1. The molecular formula is C15H9F2N3O5. The number of nitro groups is 1. The van der Waals surface area contributed by atoms with Gasteiger partial charge in [-0.05, 0) is 18.2 Å². The number of oxazole rings is 1. The Kier molecular flexibility index (Phi) is 4.01. The molecule has 0 saturated heterocycles. The standard InChI is InChI=1S/C15H9F2N3O5/c16-9-2-1-3-10(14(9)17)18-13(21)7-19-11-5-4-8(20(23)24)6-12(11)25-15(19)22/h1-6H,7H2,(H,18,21). The number of non-ortho nitro benzene ring substituents is 1. The van der Waals surface area contributed by atoms with E-state index in [0.717, 1.165) is 28.8 Å². The zero-order chi connectivity index (χ0) is 18.1. The van der Waals surface area contributed by atoms with Crippen LogP contribution in [0.25, 0.3) is 11.1 Å². The fraction of sp³-hybridized carbons (Fsp3) is 0.0667. The molecule has 1 amide bonds. The molecule has 10 heteroatoms. The topological polar surface area (TPSA) is 107 Å². The van der Waals surface area contributed by atoms with Gasteiger partial charge in [-0.3, -0.25) is 19.5 Å². The van der Waals surface area contributed by atoms with Crippen LogP contribution in [0.4, 0.5) is 20.2 Å². The maximum Gasteiger partial charge on any atom is 0.420 e. The minimum absolute atomic E-state index is 0.0658. The van der Waals surface area contributed by atoms with Crippen molar-refractivity contribution in [1.82, 2.24) is 4.57 Å². The van der Waals surface area contributed by atoms with E-state index >= 15 is 0 Å². The Balaban J connectivity index is 1.88. The average Bonchev–Trinajstić information content (AvgIpc) is 2.86. The average molecular weight is 349 g/mol. The second kappa shape index (κ2) is 6.15. The molecule has 0 aliphatic heterocycles. The van der Waals surface area contributed by atoms with E-state index in [1.165, 1.54) is 12.1 Å². The maximum absolute atomic E-state index is 13.6. The number of fused-ring (bicyclic) bond motifs is 1. The summed E-state index contributed by atoms with van der Waals surface area (Å²) in [6.07, 6.45) is 0. The van der Waals surface area contributed by atoms with Crippen molar-refractivity contribution < 1.29 is 22.9 Å². The Morgan fingerprint density at radius 1 is 1.28 bits per heavy atom. The van der Waals surface area contributed by atoms with Crippen molar-refractivity contribution in [3.8, 4) is 0 Å². The molecule has 2 aromatic carbocycles. The Bertz CT molecular complexity index is 1060. The smallest absolute Gasteiger partial charge is 0.407 e. The normalized spacial score (nSPS) is 10.8. The van der Waals surface area contributed by atoms with Crippen molar-refractivity contribution >= 4 is 28.4 Å². The third-order valence-corrected chi connectivity index (χ3v) is 3.39. The van der Waals surface area contributed by atoms with Crippen LogP contribution in [0.3, 0.4) is 0 Å². The molecular weight excluding hydrogens is 340 g/mol. The predicted molar refractivity (Wildman–Crippen MR) is 82.1 cm³/mol. The number of carbonyl (C=O) groups excluding carboxylic acids is 1. The molecule has 1 heterocycles. The Labute approximate surface area is 137 Å². The van der Waals surface area contributed by atoms with Crippen LogP contribution < -0.4 is 11.1 Å². The number of anilines is 1. The van der Waals surface area contributed by atoms with Gasteiger partial charge in [0.2, 0.25) is 5.91 Å². The third-order valence-electron chi connectivity index (χ3n) is 3.39. The van der Waals surface area contributed by atoms with Gasteiger partial charge in [-0.2, -0.15) is 0 Å². The highest BCUT2D eigenvalue weighted by Gasteiger charge is 2.17. The van der Waals surface area contributed by atoms with Crippen LogP contribution in [0.1, 0.15) is 0 Å². The lowest BCUT2D eigenvalue weighted by atomic mass is 10.3. The van der Waals surface area contributed by atoms with Gasteiger partial charge in [-0.1, -0.05) is 6.07 Å². The number of nitro benzene ring substituents is 1. The SMILES string of the molecule is O=C(Cn1c(=O)oc2cc([N+](=O)[O-])ccc21)Nc1cccc(F)c1F. The molecule has 25 heavy (non-hydrogen) atoms. The minimum atomic E-state index is -1.23. The van der Waals surface area contributed by atoms with Crippen LogP contribution in [0.15, 0.2) is 45.6 Å². The quantitative estimate of drug-likeness (QED) is 0.575. The largest absolute Gasteiger partial charge is 0.420 e. The predicted octanol–water partition coefficient (Wildman–Crippen LogP) is 2.42. The second-order valence-corrected chi connectivity index (χ2v) is 5.01. The van der Waals surface area contributed by atoms with Crippen molar-refractivity contribution in [3.05, 3.63) is 68.7 Å². The maximum atomic E-state index is 13.6. The number of halogens is 2. The number of benzene rings is 2. The highest BCUT2D eigenvalue weighted by molar-refractivity contribution is 5.91. The molecule has 3 rings (SSSR count). The molecule has 0 saturated carbocycles. The van der Waals surface area contributed by atoms with E-state index in [1.54, 1.807) is 0 Å². The molecule has 0 fully saturated rings. The van der Waals surface area contributed by atoms with E-state index in [-0.39, 0.29) is 22.5 Å².